The van der Waals surface area contributed by atoms with Crippen LogP contribution in [0.3, 0.4) is 0 Å². The maximum Gasteiger partial charge on any atom is 0.182 e. The number of hydrogen-bond donors (Lipinski definition) is 1. The fraction of sp³-hybridized carbons (Fsp3) is 0.615. The average Bonchev–Trinajstić information content (AvgIpc) is 2.34. The van der Waals surface area contributed by atoms with Crippen LogP contribution in [0.15, 0.2) is 12.3 Å². The van der Waals surface area contributed by atoms with Gasteiger partial charge < -0.3 is 14.6 Å². The van der Waals surface area contributed by atoms with Crippen molar-refractivity contribution in [1.82, 2.24) is 4.98 Å². The second-order valence-corrected chi connectivity index (χ2v) is 4.34. The lowest BCUT2D eigenvalue weighted by Gasteiger charge is -2.15. The van der Waals surface area contributed by atoms with Gasteiger partial charge in [-0.05, 0) is 18.8 Å². The van der Waals surface area contributed by atoms with E-state index in [0.29, 0.717) is 24.3 Å². The van der Waals surface area contributed by atoms with E-state index in [2.05, 4.69) is 4.98 Å². The largest absolute Gasteiger partial charge is 0.493 e. The molecule has 1 aromatic rings. The number of aromatic nitrogens is 1. The number of methoxy groups -OCH3 is 2. The van der Waals surface area contributed by atoms with Crippen LogP contribution in [0.5, 0.6) is 11.5 Å². The highest BCUT2D eigenvalue weighted by atomic mass is 16.5. The summed E-state index contributed by atoms with van der Waals surface area (Å²) in [7, 11) is 3.20. The summed E-state index contributed by atoms with van der Waals surface area (Å²) < 4.78 is 10.5. The van der Waals surface area contributed by atoms with Gasteiger partial charge in [0.25, 0.3) is 0 Å². The Kier molecular flexibility index (Phi) is 5.22. The zero-order chi connectivity index (χ0) is 12.8. The minimum Gasteiger partial charge on any atom is -0.493 e. The summed E-state index contributed by atoms with van der Waals surface area (Å²) in [5.74, 6) is 1.59. The first-order valence-corrected chi connectivity index (χ1v) is 5.84. The molecule has 0 aliphatic heterocycles. The van der Waals surface area contributed by atoms with Gasteiger partial charge in [-0.15, -0.1) is 0 Å². The molecule has 1 aromatic heterocycles. The number of nitrogens with zero attached hydrogens (tertiary/aromatic N) is 1. The average molecular weight is 239 g/mol. The highest BCUT2D eigenvalue weighted by Gasteiger charge is 2.14. The van der Waals surface area contributed by atoms with Crippen molar-refractivity contribution >= 4 is 0 Å². The third-order valence-electron chi connectivity index (χ3n) is 2.81. The fourth-order valence-corrected chi connectivity index (χ4v) is 1.65. The lowest BCUT2D eigenvalue weighted by Crippen LogP contribution is -2.16. The first-order valence-electron chi connectivity index (χ1n) is 5.84. The van der Waals surface area contributed by atoms with E-state index < -0.39 is 0 Å². The van der Waals surface area contributed by atoms with Crippen LogP contribution in [0.2, 0.25) is 0 Å². The zero-order valence-corrected chi connectivity index (χ0v) is 10.9. The molecule has 0 radical (unpaired) electrons. The van der Waals surface area contributed by atoms with E-state index in [1.165, 1.54) is 0 Å². The summed E-state index contributed by atoms with van der Waals surface area (Å²) >= 11 is 0. The summed E-state index contributed by atoms with van der Waals surface area (Å²) in [6, 6.07) is 1.77. The van der Waals surface area contributed by atoms with Crippen molar-refractivity contribution in [2.75, 3.05) is 14.2 Å². The van der Waals surface area contributed by atoms with Crippen molar-refractivity contribution in [3.05, 3.63) is 18.0 Å². The van der Waals surface area contributed by atoms with E-state index in [1.807, 2.05) is 13.8 Å². The molecule has 0 aliphatic rings. The highest BCUT2D eigenvalue weighted by molar-refractivity contribution is 5.42. The second kappa shape index (κ2) is 6.45. The Hall–Kier alpha value is -1.29. The Morgan fingerprint density at radius 1 is 1.29 bits per heavy atom. The molecular weight excluding hydrogens is 218 g/mol. The Morgan fingerprint density at radius 3 is 2.53 bits per heavy atom. The van der Waals surface area contributed by atoms with Crippen LogP contribution in [-0.2, 0) is 6.42 Å². The van der Waals surface area contributed by atoms with Crippen LogP contribution < -0.4 is 9.47 Å². The van der Waals surface area contributed by atoms with Crippen molar-refractivity contribution in [2.45, 2.75) is 32.8 Å². The quantitative estimate of drug-likeness (QED) is 0.825. The fourth-order valence-electron chi connectivity index (χ4n) is 1.65. The van der Waals surface area contributed by atoms with Crippen LogP contribution in [0.1, 0.15) is 26.0 Å². The third kappa shape index (κ3) is 3.60. The molecule has 0 amide bonds. The van der Waals surface area contributed by atoms with Gasteiger partial charge in [0.2, 0.25) is 0 Å². The SMILES string of the molecule is COc1ccnc(CCC(O)C(C)C)c1OC. The number of pyridine rings is 1. The molecule has 0 saturated heterocycles. The van der Waals surface area contributed by atoms with Crippen LogP contribution in [0.25, 0.3) is 0 Å². The Bertz CT molecular complexity index is 353. The summed E-state index contributed by atoms with van der Waals surface area (Å²) in [5, 5.41) is 9.78. The smallest absolute Gasteiger partial charge is 0.182 e. The number of aryl methyl sites for hydroxylation is 1. The summed E-state index contributed by atoms with van der Waals surface area (Å²) in [6.45, 7) is 4.00. The van der Waals surface area contributed by atoms with E-state index >= 15 is 0 Å². The van der Waals surface area contributed by atoms with E-state index in [9.17, 15) is 5.11 Å². The van der Waals surface area contributed by atoms with E-state index in [4.69, 9.17) is 9.47 Å². The van der Waals surface area contributed by atoms with Gasteiger partial charge in [0.05, 0.1) is 26.0 Å². The topological polar surface area (TPSA) is 51.6 Å². The lowest BCUT2D eigenvalue weighted by molar-refractivity contribution is 0.116. The van der Waals surface area contributed by atoms with Gasteiger partial charge in [-0.2, -0.15) is 0 Å². The van der Waals surface area contributed by atoms with Crippen molar-refractivity contribution in [1.29, 1.82) is 0 Å². The monoisotopic (exact) mass is 239 g/mol. The van der Waals surface area contributed by atoms with E-state index in [0.717, 1.165) is 5.69 Å². The molecule has 0 aliphatic carbocycles. The molecule has 96 valence electrons. The van der Waals surface area contributed by atoms with Crippen LogP contribution in [0, 0.1) is 5.92 Å². The van der Waals surface area contributed by atoms with Crippen molar-refractivity contribution in [3.63, 3.8) is 0 Å². The standard InChI is InChI=1S/C13H21NO3/c1-9(2)11(15)6-5-10-13(17-4)12(16-3)7-8-14-10/h7-9,11,15H,5-6H2,1-4H3. The van der Waals surface area contributed by atoms with Crippen molar-refractivity contribution in [3.8, 4) is 11.5 Å². The minimum absolute atomic E-state index is 0.256. The first kappa shape index (κ1) is 13.8. The van der Waals surface area contributed by atoms with Gasteiger partial charge in [-0.1, -0.05) is 13.8 Å². The molecule has 1 atom stereocenters. The van der Waals surface area contributed by atoms with Gasteiger partial charge in [0, 0.05) is 12.3 Å². The molecule has 0 aromatic carbocycles. The lowest BCUT2D eigenvalue weighted by atomic mass is 10.0. The summed E-state index contributed by atoms with van der Waals surface area (Å²) in [4.78, 5) is 4.27. The van der Waals surface area contributed by atoms with E-state index in [1.54, 1.807) is 26.5 Å². The van der Waals surface area contributed by atoms with Crippen LogP contribution in [0.4, 0.5) is 0 Å². The molecule has 0 saturated carbocycles. The number of aliphatic hydroxyl groups is 1. The van der Waals surface area contributed by atoms with E-state index in [-0.39, 0.29) is 12.0 Å². The van der Waals surface area contributed by atoms with Crippen LogP contribution in [-0.4, -0.2) is 30.4 Å². The Labute approximate surface area is 103 Å². The zero-order valence-electron chi connectivity index (χ0n) is 10.9. The van der Waals surface area contributed by atoms with Gasteiger partial charge >= 0.3 is 0 Å². The maximum atomic E-state index is 9.78. The number of ether oxygens (including phenoxy) is 2. The number of hydrogen-bond acceptors (Lipinski definition) is 4. The van der Waals surface area contributed by atoms with Gasteiger partial charge in [0.15, 0.2) is 11.5 Å². The molecule has 1 rings (SSSR count). The van der Waals surface area contributed by atoms with Crippen molar-refractivity contribution < 1.29 is 14.6 Å². The molecule has 0 bridgehead atoms. The van der Waals surface area contributed by atoms with Crippen LogP contribution >= 0.6 is 0 Å². The van der Waals surface area contributed by atoms with Gasteiger partial charge in [-0.25, -0.2) is 0 Å². The molecule has 0 spiro atoms. The first-order chi connectivity index (χ1) is 8.10. The predicted octanol–water partition coefficient (Wildman–Crippen LogP) is 2.05. The number of rotatable bonds is 6. The van der Waals surface area contributed by atoms with Crippen molar-refractivity contribution in [2.24, 2.45) is 5.92 Å². The summed E-state index contributed by atoms with van der Waals surface area (Å²) in [6.07, 6.45) is 2.74. The Morgan fingerprint density at radius 2 is 2.00 bits per heavy atom. The predicted molar refractivity (Wildman–Crippen MR) is 66.5 cm³/mol. The molecule has 4 heteroatoms. The molecule has 1 unspecified atom stereocenters. The number of aliphatic hydroxyl groups excluding tert-OH is 1. The summed E-state index contributed by atoms with van der Waals surface area (Å²) in [5.41, 5.74) is 0.826. The molecule has 4 nitrogen and oxygen atoms in total. The Balaban J connectivity index is 2.77. The highest BCUT2D eigenvalue weighted by Crippen LogP contribution is 2.30. The molecule has 0 fully saturated rings. The van der Waals surface area contributed by atoms with Gasteiger partial charge in [0.1, 0.15) is 0 Å². The third-order valence-corrected chi connectivity index (χ3v) is 2.81. The maximum absolute atomic E-state index is 9.78. The minimum atomic E-state index is -0.312. The normalized spacial score (nSPS) is 12.6. The molecule has 1 N–H and O–H groups in total. The molecule has 17 heavy (non-hydrogen) atoms. The second-order valence-electron chi connectivity index (χ2n) is 4.34. The molecular formula is C13H21NO3. The molecule has 1 heterocycles. The van der Waals surface area contributed by atoms with Gasteiger partial charge in [-0.3, -0.25) is 4.98 Å².